The molecule has 0 bridgehead atoms. The Bertz CT molecular complexity index is 1090. The second-order valence-corrected chi connectivity index (χ2v) is 8.89. The van der Waals surface area contributed by atoms with E-state index in [4.69, 9.17) is 11.6 Å². The van der Waals surface area contributed by atoms with Gasteiger partial charge in [-0.2, -0.15) is 10.2 Å². The third-order valence-corrected chi connectivity index (χ3v) is 7.02. The zero-order valence-corrected chi connectivity index (χ0v) is 19.2. The number of hydrogen-bond donors (Lipinski definition) is 1. The van der Waals surface area contributed by atoms with Gasteiger partial charge in [0.2, 0.25) is 5.91 Å². The first-order chi connectivity index (χ1) is 13.8. The fourth-order valence-corrected chi connectivity index (χ4v) is 4.14. The van der Waals surface area contributed by atoms with Crippen LogP contribution in [0.15, 0.2) is 28.7 Å². The van der Waals surface area contributed by atoms with Crippen LogP contribution >= 0.6 is 27.5 Å². The zero-order chi connectivity index (χ0) is 20.9. The summed E-state index contributed by atoms with van der Waals surface area (Å²) in [5.74, 6) is 0.296. The van der Waals surface area contributed by atoms with Crippen LogP contribution in [0.1, 0.15) is 40.7 Å². The maximum atomic E-state index is 12.8. The third-order valence-electron chi connectivity index (χ3n) is 5.62. The molecule has 1 fully saturated rings. The molecule has 0 unspecified atom stereocenters. The Morgan fingerprint density at radius 2 is 1.72 bits per heavy atom. The van der Waals surface area contributed by atoms with E-state index in [0.29, 0.717) is 11.7 Å². The average molecular weight is 477 g/mol. The molecule has 1 aliphatic rings. The number of benzene rings is 1. The fraction of sp³-hybridized carbons (Fsp3) is 0.381. The largest absolute Gasteiger partial charge is 0.323 e. The van der Waals surface area contributed by atoms with Gasteiger partial charge in [0.05, 0.1) is 32.9 Å². The quantitative estimate of drug-likeness (QED) is 0.565. The molecule has 4 rings (SSSR count). The molecule has 1 saturated carbocycles. The summed E-state index contributed by atoms with van der Waals surface area (Å²) in [7, 11) is 0. The van der Waals surface area contributed by atoms with E-state index in [1.807, 2.05) is 61.3 Å². The molecule has 6 nitrogen and oxygen atoms in total. The first-order valence-corrected chi connectivity index (χ1v) is 10.7. The maximum absolute atomic E-state index is 12.8. The van der Waals surface area contributed by atoms with Crippen LogP contribution in [0.4, 0.5) is 5.69 Å². The Kier molecular flexibility index (Phi) is 5.29. The molecule has 2 atom stereocenters. The highest BCUT2D eigenvalue weighted by Gasteiger charge is 2.44. The van der Waals surface area contributed by atoms with Crippen LogP contribution < -0.4 is 5.32 Å². The van der Waals surface area contributed by atoms with Crippen molar-refractivity contribution in [1.82, 2.24) is 19.6 Å². The third kappa shape index (κ3) is 3.85. The molecule has 0 spiro atoms. The van der Waals surface area contributed by atoms with E-state index >= 15 is 0 Å². The Hall–Kier alpha value is -2.12. The molecule has 1 N–H and O–H groups in total. The minimum Gasteiger partial charge on any atom is -0.323 e. The molecule has 0 radical (unpaired) electrons. The predicted molar refractivity (Wildman–Crippen MR) is 117 cm³/mol. The molecule has 3 aromatic rings. The first kappa shape index (κ1) is 20.2. The Labute approximate surface area is 183 Å². The molecule has 0 aliphatic heterocycles. The van der Waals surface area contributed by atoms with Gasteiger partial charge in [0, 0.05) is 10.9 Å². The Balaban J connectivity index is 1.47. The lowest BCUT2D eigenvalue weighted by atomic mass is 10.1. The molecular formula is C21H23BrClN5O. The number of halogens is 2. The van der Waals surface area contributed by atoms with Crippen molar-refractivity contribution in [3.63, 3.8) is 0 Å². The molecule has 29 heavy (non-hydrogen) atoms. The summed E-state index contributed by atoms with van der Waals surface area (Å²) in [6, 6.07) is 7.75. The van der Waals surface area contributed by atoms with Crippen LogP contribution in [-0.2, 0) is 11.5 Å². The molecule has 1 aliphatic carbocycles. The van der Waals surface area contributed by atoms with E-state index in [-0.39, 0.29) is 17.7 Å². The van der Waals surface area contributed by atoms with E-state index in [1.54, 1.807) is 0 Å². The van der Waals surface area contributed by atoms with Crippen LogP contribution in [-0.4, -0.2) is 25.5 Å². The maximum Gasteiger partial charge on any atom is 0.228 e. The molecule has 0 saturated heterocycles. The number of aryl methyl sites for hydroxylation is 2. The number of carbonyl (C=O) groups excluding carboxylic acids is 1. The normalized spacial score (nSPS) is 18.1. The second kappa shape index (κ2) is 7.61. The average Bonchev–Trinajstić information content (AvgIpc) is 3.40. The van der Waals surface area contributed by atoms with Gasteiger partial charge < -0.3 is 5.32 Å². The van der Waals surface area contributed by atoms with Crippen molar-refractivity contribution in [3.8, 4) is 0 Å². The Morgan fingerprint density at radius 1 is 1.10 bits per heavy atom. The van der Waals surface area contributed by atoms with Crippen molar-refractivity contribution >= 4 is 39.1 Å². The summed E-state index contributed by atoms with van der Waals surface area (Å²) in [6.07, 6.45) is 0.861. The molecule has 1 amide bonds. The van der Waals surface area contributed by atoms with Crippen molar-refractivity contribution in [2.75, 3.05) is 5.32 Å². The van der Waals surface area contributed by atoms with Gasteiger partial charge in [-0.1, -0.05) is 23.7 Å². The molecule has 152 valence electrons. The lowest BCUT2D eigenvalue weighted by Gasteiger charge is -2.09. The summed E-state index contributed by atoms with van der Waals surface area (Å²) in [4.78, 5) is 12.8. The van der Waals surface area contributed by atoms with Crippen molar-refractivity contribution < 1.29 is 4.79 Å². The summed E-state index contributed by atoms with van der Waals surface area (Å²) in [6.45, 7) is 8.37. The number of aromatic nitrogens is 4. The predicted octanol–water partition coefficient (Wildman–Crippen LogP) is 4.98. The molecule has 2 aromatic heterocycles. The van der Waals surface area contributed by atoms with Gasteiger partial charge >= 0.3 is 0 Å². The van der Waals surface area contributed by atoms with Crippen molar-refractivity contribution in [1.29, 1.82) is 0 Å². The van der Waals surface area contributed by atoms with Gasteiger partial charge in [-0.3, -0.25) is 4.79 Å². The highest BCUT2D eigenvalue weighted by atomic mass is 79.9. The van der Waals surface area contributed by atoms with Gasteiger partial charge in [0.1, 0.15) is 6.67 Å². The Morgan fingerprint density at radius 3 is 2.34 bits per heavy atom. The van der Waals surface area contributed by atoms with Crippen molar-refractivity contribution in [3.05, 3.63) is 62.1 Å². The van der Waals surface area contributed by atoms with Gasteiger partial charge in [0.25, 0.3) is 0 Å². The summed E-state index contributed by atoms with van der Waals surface area (Å²) >= 11 is 9.52. The fourth-order valence-electron chi connectivity index (χ4n) is 3.73. The topological polar surface area (TPSA) is 64.7 Å². The minimum atomic E-state index is -0.00899. The molecule has 2 heterocycles. The minimum absolute atomic E-state index is 0.00899. The smallest absolute Gasteiger partial charge is 0.228 e. The molecule has 1 aromatic carbocycles. The van der Waals surface area contributed by atoms with Crippen LogP contribution in [0.3, 0.4) is 0 Å². The summed E-state index contributed by atoms with van der Waals surface area (Å²) in [5.41, 5.74) is 5.67. The lowest BCUT2D eigenvalue weighted by Crippen LogP contribution is -2.17. The number of rotatable bonds is 5. The number of hydrogen-bond acceptors (Lipinski definition) is 3. The highest BCUT2D eigenvalue weighted by Crippen LogP contribution is 2.48. The number of nitrogens with zero attached hydrogens (tertiary/aromatic N) is 4. The van der Waals surface area contributed by atoms with E-state index in [1.165, 1.54) is 0 Å². The number of nitrogens with one attached hydrogen (secondary N) is 1. The van der Waals surface area contributed by atoms with Gasteiger partial charge in [-0.15, -0.1) is 0 Å². The van der Waals surface area contributed by atoms with E-state index in [0.717, 1.165) is 44.9 Å². The van der Waals surface area contributed by atoms with Crippen LogP contribution in [0, 0.1) is 33.6 Å². The molecular weight excluding hydrogens is 454 g/mol. The van der Waals surface area contributed by atoms with Crippen LogP contribution in [0.5, 0.6) is 0 Å². The van der Waals surface area contributed by atoms with Crippen LogP contribution in [0.25, 0.3) is 0 Å². The van der Waals surface area contributed by atoms with E-state index < -0.39 is 0 Å². The number of anilines is 1. The van der Waals surface area contributed by atoms with E-state index in [9.17, 15) is 4.79 Å². The second-order valence-electron chi connectivity index (χ2n) is 7.66. The molecule has 8 heteroatoms. The SMILES string of the molecule is Cc1nn(Cn2nc(C)c(NC(=O)[C@H]3C[C@@H]3c3ccc(Cl)cc3)c2C)c(C)c1Br. The standard InChI is InChI=1S/C21H23BrClN5O/c1-11-19(22)13(3)27(25-11)10-28-14(4)20(12(2)26-28)24-21(29)18-9-17(18)15-5-7-16(23)8-6-15/h5-8,17-18H,9-10H2,1-4H3,(H,24,29)/t17-,18+/m1/s1. The lowest BCUT2D eigenvalue weighted by molar-refractivity contribution is -0.117. The van der Waals surface area contributed by atoms with Gasteiger partial charge in [-0.25, -0.2) is 9.36 Å². The summed E-state index contributed by atoms with van der Waals surface area (Å²) < 4.78 is 4.79. The van der Waals surface area contributed by atoms with Crippen molar-refractivity contribution in [2.45, 2.75) is 46.7 Å². The summed E-state index contributed by atoms with van der Waals surface area (Å²) in [5, 5.41) is 13.0. The number of amides is 1. The van der Waals surface area contributed by atoms with Crippen molar-refractivity contribution in [2.24, 2.45) is 5.92 Å². The van der Waals surface area contributed by atoms with Gasteiger partial charge in [0.15, 0.2) is 0 Å². The first-order valence-electron chi connectivity index (χ1n) is 9.56. The number of carbonyl (C=O) groups is 1. The highest BCUT2D eigenvalue weighted by molar-refractivity contribution is 9.10. The van der Waals surface area contributed by atoms with Gasteiger partial charge in [-0.05, 0) is 73.7 Å². The van der Waals surface area contributed by atoms with E-state index in [2.05, 4.69) is 31.4 Å². The van der Waals surface area contributed by atoms with Crippen LogP contribution in [0.2, 0.25) is 5.02 Å². The zero-order valence-electron chi connectivity index (χ0n) is 16.8. The monoisotopic (exact) mass is 475 g/mol.